The smallest absolute Gasteiger partial charge is 0.316 e. The van der Waals surface area contributed by atoms with Crippen molar-refractivity contribution in [1.29, 1.82) is 0 Å². The SMILES string of the molecule is CN(C)C(=O)NC[C@@H]1CCC[C@]2(CCN(Cc3ccoc3)C2)O1. The van der Waals surface area contributed by atoms with E-state index in [-0.39, 0.29) is 17.7 Å². The number of ether oxygens (including phenoxy) is 1. The highest BCUT2D eigenvalue weighted by atomic mass is 16.5. The van der Waals surface area contributed by atoms with Crippen LogP contribution < -0.4 is 5.32 Å². The van der Waals surface area contributed by atoms with Gasteiger partial charge in [-0.2, -0.15) is 0 Å². The van der Waals surface area contributed by atoms with Crippen LogP contribution in [-0.4, -0.2) is 61.3 Å². The van der Waals surface area contributed by atoms with Gasteiger partial charge in [0.2, 0.25) is 0 Å². The van der Waals surface area contributed by atoms with Crippen LogP contribution in [0.5, 0.6) is 0 Å². The van der Waals surface area contributed by atoms with Crippen molar-refractivity contribution >= 4 is 6.03 Å². The molecule has 0 aromatic carbocycles. The Morgan fingerprint density at radius 2 is 2.35 bits per heavy atom. The van der Waals surface area contributed by atoms with Crippen molar-refractivity contribution in [2.75, 3.05) is 33.7 Å². The topological polar surface area (TPSA) is 58.0 Å². The van der Waals surface area contributed by atoms with E-state index in [1.165, 1.54) is 12.0 Å². The van der Waals surface area contributed by atoms with Gasteiger partial charge in [0, 0.05) is 45.8 Å². The predicted molar refractivity (Wildman–Crippen MR) is 87.1 cm³/mol. The molecular formula is C17H27N3O3. The Hall–Kier alpha value is -1.53. The van der Waals surface area contributed by atoms with E-state index in [4.69, 9.17) is 9.15 Å². The quantitative estimate of drug-likeness (QED) is 0.922. The fraction of sp³-hybridized carbons (Fsp3) is 0.706. The van der Waals surface area contributed by atoms with E-state index < -0.39 is 0 Å². The zero-order valence-corrected chi connectivity index (χ0v) is 14.1. The van der Waals surface area contributed by atoms with Crippen molar-refractivity contribution in [1.82, 2.24) is 15.1 Å². The first-order valence-corrected chi connectivity index (χ1v) is 8.43. The highest BCUT2D eigenvalue weighted by Gasteiger charge is 2.42. The van der Waals surface area contributed by atoms with Crippen LogP contribution in [-0.2, 0) is 11.3 Å². The number of hydrogen-bond donors (Lipinski definition) is 1. The summed E-state index contributed by atoms with van der Waals surface area (Å²) in [5, 5.41) is 2.94. The monoisotopic (exact) mass is 321 g/mol. The molecule has 0 radical (unpaired) electrons. The molecule has 1 aromatic rings. The van der Waals surface area contributed by atoms with Crippen LogP contribution in [0.4, 0.5) is 4.79 Å². The highest BCUT2D eigenvalue weighted by Crippen LogP contribution is 2.37. The number of nitrogens with zero attached hydrogens (tertiary/aromatic N) is 2. The van der Waals surface area contributed by atoms with Crippen molar-refractivity contribution in [3.8, 4) is 0 Å². The van der Waals surface area contributed by atoms with Crippen molar-refractivity contribution in [3.63, 3.8) is 0 Å². The van der Waals surface area contributed by atoms with Crippen LogP contribution in [0.3, 0.4) is 0 Å². The number of furan rings is 1. The van der Waals surface area contributed by atoms with E-state index in [1.54, 1.807) is 25.3 Å². The van der Waals surface area contributed by atoms with Gasteiger partial charge in [-0.05, 0) is 31.7 Å². The van der Waals surface area contributed by atoms with Crippen LogP contribution in [0, 0.1) is 0 Å². The second-order valence-corrected chi connectivity index (χ2v) is 6.99. The molecule has 1 spiro atoms. The molecule has 3 rings (SSSR count). The number of likely N-dealkylation sites (tertiary alicyclic amines) is 1. The number of nitrogens with one attached hydrogen (secondary N) is 1. The third-order valence-electron chi connectivity index (χ3n) is 4.84. The molecular weight excluding hydrogens is 294 g/mol. The Bertz CT molecular complexity index is 517. The Morgan fingerprint density at radius 1 is 1.48 bits per heavy atom. The molecule has 2 fully saturated rings. The minimum absolute atomic E-state index is 0.0322. The number of amides is 2. The van der Waals surface area contributed by atoms with Gasteiger partial charge in [-0.3, -0.25) is 4.90 Å². The Kier molecular flexibility index (Phi) is 4.92. The normalized spacial score (nSPS) is 28.2. The summed E-state index contributed by atoms with van der Waals surface area (Å²) in [6.45, 7) is 3.54. The van der Waals surface area contributed by atoms with Gasteiger partial charge in [0.05, 0.1) is 24.2 Å². The second-order valence-electron chi connectivity index (χ2n) is 6.99. The lowest BCUT2D eigenvalue weighted by molar-refractivity contribution is -0.118. The Labute approximate surface area is 137 Å². The summed E-state index contributed by atoms with van der Waals surface area (Å²) in [6.07, 6.45) is 8.05. The summed E-state index contributed by atoms with van der Waals surface area (Å²) >= 11 is 0. The first-order valence-electron chi connectivity index (χ1n) is 8.43. The summed E-state index contributed by atoms with van der Waals surface area (Å²) < 4.78 is 11.6. The maximum Gasteiger partial charge on any atom is 0.316 e. The van der Waals surface area contributed by atoms with Crippen molar-refractivity contribution in [2.24, 2.45) is 0 Å². The summed E-state index contributed by atoms with van der Waals surface area (Å²) in [6, 6.07) is 1.97. The lowest BCUT2D eigenvalue weighted by Gasteiger charge is -2.39. The molecule has 6 heteroatoms. The van der Waals surface area contributed by atoms with E-state index in [0.29, 0.717) is 6.54 Å². The first-order chi connectivity index (χ1) is 11.1. The van der Waals surface area contributed by atoms with E-state index in [1.807, 2.05) is 12.3 Å². The molecule has 3 heterocycles. The lowest BCUT2D eigenvalue weighted by atomic mass is 9.90. The molecule has 1 aromatic heterocycles. The fourth-order valence-electron chi connectivity index (χ4n) is 3.63. The van der Waals surface area contributed by atoms with Gasteiger partial charge in [0.1, 0.15) is 0 Å². The molecule has 2 atom stereocenters. The third-order valence-corrected chi connectivity index (χ3v) is 4.84. The standard InChI is InChI=1S/C17H27N3O3/c1-19(2)16(21)18-10-15-4-3-6-17(23-15)7-8-20(13-17)11-14-5-9-22-12-14/h5,9,12,15H,3-4,6-8,10-11,13H2,1-2H3,(H,18,21)/t15-,17+/m0/s1. The zero-order chi connectivity index (χ0) is 16.3. The molecule has 0 aliphatic carbocycles. The van der Waals surface area contributed by atoms with Crippen LogP contribution in [0.2, 0.25) is 0 Å². The summed E-state index contributed by atoms with van der Waals surface area (Å²) in [5.74, 6) is 0. The molecule has 23 heavy (non-hydrogen) atoms. The summed E-state index contributed by atoms with van der Waals surface area (Å²) in [7, 11) is 3.51. The van der Waals surface area contributed by atoms with E-state index in [9.17, 15) is 4.79 Å². The van der Waals surface area contributed by atoms with Gasteiger partial charge >= 0.3 is 6.03 Å². The molecule has 2 saturated heterocycles. The largest absolute Gasteiger partial charge is 0.472 e. The summed E-state index contributed by atoms with van der Waals surface area (Å²) in [5.41, 5.74) is 1.18. The van der Waals surface area contributed by atoms with Crippen LogP contribution in [0.15, 0.2) is 23.0 Å². The number of carbonyl (C=O) groups excluding carboxylic acids is 1. The van der Waals surface area contributed by atoms with Gasteiger partial charge in [-0.1, -0.05) is 0 Å². The Morgan fingerprint density at radius 3 is 3.09 bits per heavy atom. The molecule has 0 unspecified atom stereocenters. The molecule has 2 amide bonds. The second kappa shape index (κ2) is 6.93. The van der Waals surface area contributed by atoms with Crippen LogP contribution >= 0.6 is 0 Å². The van der Waals surface area contributed by atoms with Crippen molar-refractivity contribution in [3.05, 3.63) is 24.2 Å². The third kappa shape index (κ3) is 4.06. The minimum Gasteiger partial charge on any atom is -0.472 e. The van der Waals surface area contributed by atoms with Crippen molar-refractivity contribution < 1.29 is 13.9 Å². The average Bonchev–Trinajstić information content (AvgIpc) is 3.16. The molecule has 0 saturated carbocycles. The lowest BCUT2D eigenvalue weighted by Crippen LogP contribution is -2.48. The number of rotatable bonds is 4. The zero-order valence-electron chi connectivity index (χ0n) is 14.1. The van der Waals surface area contributed by atoms with Gasteiger partial charge in [0.25, 0.3) is 0 Å². The minimum atomic E-state index is -0.0544. The number of carbonyl (C=O) groups is 1. The highest BCUT2D eigenvalue weighted by molar-refractivity contribution is 5.73. The van der Waals surface area contributed by atoms with Crippen LogP contribution in [0.25, 0.3) is 0 Å². The molecule has 2 aliphatic rings. The molecule has 2 aliphatic heterocycles. The van der Waals surface area contributed by atoms with Gasteiger partial charge in [-0.15, -0.1) is 0 Å². The van der Waals surface area contributed by atoms with Crippen molar-refractivity contribution in [2.45, 2.75) is 43.9 Å². The molecule has 1 N–H and O–H groups in total. The molecule has 128 valence electrons. The van der Waals surface area contributed by atoms with Gasteiger partial charge in [0.15, 0.2) is 0 Å². The number of hydrogen-bond acceptors (Lipinski definition) is 4. The van der Waals surface area contributed by atoms with E-state index in [2.05, 4.69) is 10.2 Å². The average molecular weight is 321 g/mol. The molecule has 0 bridgehead atoms. The maximum absolute atomic E-state index is 11.7. The predicted octanol–water partition coefficient (Wildman–Crippen LogP) is 2.06. The maximum atomic E-state index is 11.7. The molecule has 6 nitrogen and oxygen atoms in total. The summed E-state index contributed by atoms with van der Waals surface area (Å²) in [4.78, 5) is 15.7. The van der Waals surface area contributed by atoms with Crippen LogP contribution in [0.1, 0.15) is 31.2 Å². The number of urea groups is 1. The Balaban J connectivity index is 1.50. The van der Waals surface area contributed by atoms with E-state index in [0.717, 1.165) is 38.9 Å². The first kappa shape index (κ1) is 16.3. The van der Waals surface area contributed by atoms with E-state index >= 15 is 0 Å². The fourth-order valence-corrected chi connectivity index (χ4v) is 3.63. The van der Waals surface area contributed by atoms with Gasteiger partial charge < -0.3 is 19.4 Å². The van der Waals surface area contributed by atoms with Gasteiger partial charge in [-0.25, -0.2) is 4.79 Å².